The average molecular weight is 409 g/mol. The molecule has 0 aliphatic rings. The maximum Gasteiger partial charge on any atom is 0.280 e. The van der Waals surface area contributed by atoms with Gasteiger partial charge in [0.05, 0.1) is 23.6 Å². The number of halogens is 1. The summed E-state index contributed by atoms with van der Waals surface area (Å²) in [7, 11) is 1.60. The highest BCUT2D eigenvalue weighted by Gasteiger charge is 2.14. The molecule has 9 heteroatoms. The van der Waals surface area contributed by atoms with Crippen LogP contribution in [-0.2, 0) is 11.2 Å². The van der Waals surface area contributed by atoms with Gasteiger partial charge >= 0.3 is 0 Å². The van der Waals surface area contributed by atoms with Gasteiger partial charge in [-0.2, -0.15) is 5.26 Å². The number of nitrogens with zero attached hydrogens (tertiary/aromatic N) is 3. The molecule has 0 aliphatic carbocycles. The molecule has 0 saturated heterocycles. The SMILES string of the molecule is COCCCNC(=O)c1ccc(-n2[nH]cc(-c3ccc(CC#N)c(F)c3)c2=O)nc1. The number of H-pyrrole nitrogens is 1. The second kappa shape index (κ2) is 9.62. The minimum Gasteiger partial charge on any atom is -0.385 e. The summed E-state index contributed by atoms with van der Waals surface area (Å²) in [5, 5.41) is 14.3. The summed E-state index contributed by atoms with van der Waals surface area (Å²) in [5.74, 6) is -0.512. The molecule has 0 spiro atoms. The fraction of sp³-hybridized carbons (Fsp3) is 0.238. The van der Waals surface area contributed by atoms with Gasteiger partial charge in [-0.1, -0.05) is 12.1 Å². The third-order valence-corrected chi connectivity index (χ3v) is 4.46. The molecule has 8 nitrogen and oxygen atoms in total. The second-order valence-corrected chi connectivity index (χ2v) is 6.48. The Labute approximate surface area is 171 Å². The first kappa shape index (κ1) is 21.0. The fourth-order valence-corrected chi connectivity index (χ4v) is 2.86. The predicted octanol–water partition coefficient (Wildman–Crippen LogP) is 2.20. The lowest BCUT2D eigenvalue weighted by Gasteiger charge is -2.06. The van der Waals surface area contributed by atoms with Crippen LogP contribution in [0.3, 0.4) is 0 Å². The number of aromatic nitrogens is 3. The Morgan fingerprint density at radius 1 is 1.37 bits per heavy atom. The predicted molar refractivity (Wildman–Crippen MR) is 108 cm³/mol. The number of rotatable bonds is 8. The molecule has 0 unspecified atom stereocenters. The normalized spacial score (nSPS) is 10.6. The molecule has 2 heterocycles. The van der Waals surface area contributed by atoms with Crippen molar-refractivity contribution < 1.29 is 13.9 Å². The van der Waals surface area contributed by atoms with E-state index >= 15 is 0 Å². The molecule has 2 aromatic heterocycles. The zero-order valence-electron chi connectivity index (χ0n) is 16.3. The van der Waals surface area contributed by atoms with Crippen LogP contribution < -0.4 is 10.9 Å². The van der Waals surface area contributed by atoms with E-state index in [-0.39, 0.29) is 23.5 Å². The first-order valence-corrected chi connectivity index (χ1v) is 9.25. The van der Waals surface area contributed by atoms with E-state index in [4.69, 9.17) is 10.00 Å². The van der Waals surface area contributed by atoms with E-state index in [1.54, 1.807) is 25.3 Å². The third-order valence-electron chi connectivity index (χ3n) is 4.46. The number of hydrogen-bond donors (Lipinski definition) is 2. The maximum atomic E-state index is 14.1. The first-order chi connectivity index (χ1) is 14.5. The van der Waals surface area contributed by atoms with Crippen molar-refractivity contribution in [3.05, 3.63) is 70.0 Å². The lowest BCUT2D eigenvalue weighted by molar-refractivity contribution is 0.0948. The summed E-state index contributed by atoms with van der Waals surface area (Å²) in [5.41, 5.74) is 0.883. The monoisotopic (exact) mass is 409 g/mol. The van der Waals surface area contributed by atoms with Crippen LogP contribution in [0.5, 0.6) is 0 Å². The minimum absolute atomic E-state index is 0.0420. The van der Waals surface area contributed by atoms with Crippen LogP contribution in [-0.4, -0.2) is 40.9 Å². The van der Waals surface area contributed by atoms with Gasteiger partial charge in [0.25, 0.3) is 11.5 Å². The van der Waals surface area contributed by atoms with Crippen LogP contribution >= 0.6 is 0 Å². The quantitative estimate of drug-likeness (QED) is 0.554. The summed E-state index contributed by atoms with van der Waals surface area (Å²) < 4.78 is 20.2. The number of pyridine rings is 1. The number of ether oxygens (including phenoxy) is 1. The molecule has 0 fully saturated rings. The number of hydrogen-bond acceptors (Lipinski definition) is 5. The molecule has 2 N–H and O–H groups in total. The Morgan fingerprint density at radius 3 is 2.87 bits per heavy atom. The Bertz CT molecular complexity index is 1130. The number of methoxy groups -OCH3 is 1. The zero-order valence-corrected chi connectivity index (χ0v) is 16.3. The van der Waals surface area contributed by atoms with E-state index < -0.39 is 11.4 Å². The number of benzene rings is 1. The maximum absolute atomic E-state index is 14.1. The summed E-state index contributed by atoms with van der Waals surface area (Å²) in [4.78, 5) is 29.0. The molecular weight excluding hydrogens is 389 g/mol. The molecule has 3 aromatic rings. The van der Waals surface area contributed by atoms with Gasteiger partial charge in [0.1, 0.15) is 5.82 Å². The van der Waals surface area contributed by atoms with Crippen molar-refractivity contribution in [2.45, 2.75) is 12.8 Å². The Morgan fingerprint density at radius 2 is 2.20 bits per heavy atom. The lowest BCUT2D eigenvalue weighted by Crippen LogP contribution is -2.25. The molecule has 0 aliphatic heterocycles. The molecule has 0 radical (unpaired) electrons. The molecule has 1 aromatic carbocycles. The van der Waals surface area contributed by atoms with E-state index in [1.165, 1.54) is 29.2 Å². The standard InChI is InChI=1S/C21H20FN5O3/c1-30-10-2-9-24-20(28)16-5-6-19(25-12-16)27-21(29)17(13-26-27)15-4-3-14(7-8-23)18(22)11-15/h3-6,11-13,26H,2,7,9-10H2,1H3,(H,24,28). The molecular formula is C21H20FN5O3. The number of nitrogens with one attached hydrogen (secondary N) is 2. The zero-order chi connectivity index (χ0) is 21.5. The summed E-state index contributed by atoms with van der Waals surface area (Å²) >= 11 is 0. The highest BCUT2D eigenvalue weighted by molar-refractivity contribution is 5.93. The molecule has 30 heavy (non-hydrogen) atoms. The van der Waals surface area contributed by atoms with Crippen molar-refractivity contribution in [2.24, 2.45) is 0 Å². The molecule has 3 rings (SSSR count). The van der Waals surface area contributed by atoms with Gasteiger partial charge in [-0.15, -0.1) is 0 Å². The Balaban J connectivity index is 1.77. The van der Waals surface area contributed by atoms with Crippen LogP contribution in [0.15, 0.2) is 47.5 Å². The molecule has 0 saturated carbocycles. The minimum atomic E-state index is -0.541. The topological polar surface area (TPSA) is 113 Å². The Kier molecular flexibility index (Phi) is 6.72. The van der Waals surface area contributed by atoms with Gasteiger partial charge < -0.3 is 10.1 Å². The van der Waals surface area contributed by atoms with Crippen LogP contribution in [0.1, 0.15) is 22.3 Å². The lowest BCUT2D eigenvalue weighted by atomic mass is 10.1. The van der Waals surface area contributed by atoms with Gasteiger partial charge in [0, 0.05) is 38.2 Å². The molecule has 0 atom stereocenters. The highest BCUT2D eigenvalue weighted by Crippen LogP contribution is 2.19. The summed E-state index contributed by atoms with van der Waals surface area (Å²) in [6.45, 7) is 1.04. The second-order valence-electron chi connectivity index (χ2n) is 6.48. The molecule has 0 bridgehead atoms. The van der Waals surface area contributed by atoms with Crippen molar-refractivity contribution in [2.75, 3.05) is 20.3 Å². The van der Waals surface area contributed by atoms with E-state index in [9.17, 15) is 14.0 Å². The van der Waals surface area contributed by atoms with Gasteiger partial charge in [0.2, 0.25) is 0 Å². The fourth-order valence-electron chi connectivity index (χ4n) is 2.86. The number of nitriles is 1. The first-order valence-electron chi connectivity index (χ1n) is 9.25. The van der Waals surface area contributed by atoms with Crippen LogP contribution in [0.2, 0.25) is 0 Å². The van der Waals surface area contributed by atoms with Gasteiger partial charge in [-0.05, 0) is 30.2 Å². The smallest absolute Gasteiger partial charge is 0.280 e. The van der Waals surface area contributed by atoms with Crippen molar-refractivity contribution in [3.8, 4) is 23.0 Å². The molecule has 154 valence electrons. The van der Waals surface area contributed by atoms with Crippen molar-refractivity contribution >= 4 is 5.91 Å². The summed E-state index contributed by atoms with van der Waals surface area (Å²) in [6, 6.07) is 9.32. The van der Waals surface area contributed by atoms with Crippen LogP contribution in [0.25, 0.3) is 16.9 Å². The van der Waals surface area contributed by atoms with E-state index in [1.807, 2.05) is 6.07 Å². The number of aromatic amines is 1. The van der Waals surface area contributed by atoms with Gasteiger partial charge in [-0.25, -0.2) is 14.1 Å². The molecule has 1 amide bonds. The largest absolute Gasteiger partial charge is 0.385 e. The number of carbonyl (C=O) groups excluding carboxylic acids is 1. The third kappa shape index (κ3) is 4.61. The summed E-state index contributed by atoms with van der Waals surface area (Å²) in [6.07, 6.45) is 3.50. The van der Waals surface area contributed by atoms with E-state index in [2.05, 4.69) is 15.4 Å². The van der Waals surface area contributed by atoms with Crippen LogP contribution in [0.4, 0.5) is 4.39 Å². The Hall–Kier alpha value is -3.77. The van der Waals surface area contributed by atoms with Gasteiger partial charge in [0.15, 0.2) is 5.82 Å². The van der Waals surface area contributed by atoms with E-state index in [0.29, 0.717) is 36.5 Å². The van der Waals surface area contributed by atoms with Crippen molar-refractivity contribution in [1.29, 1.82) is 5.26 Å². The number of amides is 1. The van der Waals surface area contributed by atoms with Crippen LogP contribution in [0, 0.1) is 17.1 Å². The number of carbonyl (C=O) groups is 1. The average Bonchev–Trinajstić information content (AvgIpc) is 3.14. The van der Waals surface area contributed by atoms with Crippen molar-refractivity contribution in [3.63, 3.8) is 0 Å². The highest BCUT2D eigenvalue weighted by atomic mass is 19.1. The van der Waals surface area contributed by atoms with Gasteiger partial charge in [-0.3, -0.25) is 14.7 Å². The van der Waals surface area contributed by atoms with Crippen molar-refractivity contribution in [1.82, 2.24) is 20.1 Å². The van der Waals surface area contributed by atoms with E-state index in [0.717, 1.165) is 0 Å².